The van der Waals surface area contributed by atoms with Crippen molar-refractivity contribution in [1.29, 1.82) is 0 Å². The number of pyridine rings is 1. The smallest absolute Gasteiger partial charge is 0.356 e. The summed E-state index contributed by atoms with van der Waals surface area (Å²) in [6.45, 7) is 2.32. The molecule has 0 radical (unpaired) electrons. The summed E-state index contributed by atoms with van der Waals surface area (Å²) in [7, 11) is 1.28. The summed E-state index contributed by atoms with van der Waals surface area (Å²) in [5.41, 5.74) is 2.23. The van der Waals surface area contributed by atoms with E-state index in [2.05, 4.69) is 15.0 Å². The first kappa shape index (κ1) is 9.64. The van der Waals surface area contributed by atoms with Crippen LogP contribution in [0.1, 0.15) is 32.1 Å². The number of ether oxygens (including phenoxy) is 1. The number of amides is 1. The highest BCUT2D eigenvalue weighted by atomic mass is 16.5. The second-order valence-electron chi connectivity index (χ2n) is 3.33. The normalized spacial score (nSPS) is 13.3. The maximum Gasteiger partial charge on any atom is 0.356 e. The van der Waals surface area contributed by atoms with Crippen LogP contribution in [-0.4, -0.2) is 24.0 Å². The molecule has 0 aliphatic carbocycles. The SMILES string of the molecule is COC(=O)c1cc(C)c2c(n1)C(=O)NC2. The molecule has 1 N–H and O–H groups in total. The fourth-order valence-corrected chi connectivity index (χ4v) is 1.57. The van der Waals surface area contributed by atoms with Gasteiger partial charge in [-0.15, -0.1) is 0 Å². The van der Waals surface area contributed by atoms with Gasteiger partial charge in [0.25, 0.3) is 5.91 Å². The van der Waals surface area contributed by atoms with E-state index in [1.807, 2.05) is 6.92 Å². The lowest BCUT2D eigenvalue weighted by Gasteiger charge is -2.03. The van der Waals surface area contributed by atoms with E-state index in [1.54, 1.807) is 6.07 Å². The lowest BCUT2D eigenvalue weighted by atomic mass is 10.1. The summed E-state index contributed by atoms with van der Waals surface area (Å²) in [5.74, 6) is -0.764. The van der Waals surface area contributed by atoms with Crippen molar-refractivity contribution in [2.45, 2.75) is 13.5 Å². The van der Waals surface area contributed by atoms with E-state index in [4.69, 9.17) is 0 Å². The van der Waals surface area contributed by atoms with E-state index in [0.29, 0.717) is 12.2 Å². The van der Waals surface area contributed by atoms with Crippen LogP contribution in [0.15, 0.2) is 6.07 Å². The predicted octanol–water partition coefficient (Wildman–Crippen LogP) is 0.420. The quantitative estimate of drug-likeness (QED) is 0.676. The highest BCUT2D eigenvalue weighted by molar-refractivity contribution is 5.98. The van der Waals surface area contributed by atoms with Gasteiger partial charge in [-0.25, -0.2) is 9.78 Å². The molecule has 5 heteroatoms. The molecule has 0 saturated heterocycles. The fourth-order valence-electron chi connectivity index (χ4n) is 1.57. The molecular formula is C10H10N2O3. The van der Waals surface area contributed by atoms with Gasteiger partial charge in [0.2, 0.25) is 0 Å². The van der Waals surface area contributed by atoms with E-state index in [1.165, 1.54) is 7.11 Å². The lowest BCUT2D eigenvalue weighted by molar-refractivity contribution is 0.0594. The van der Waals surface area contributed by atoms with Gasteiger partial charge >= 0.3 is 5.97 Å². The summed E-state index contributed by atoms with van der Waals surface area (Å²) < 4.78 is 4.55. The number of aryl methyl sites for hydroxylation is 1. The zero-order chi connectivity index (χ0) is 11.0. The molecule has 1 aromatic heterocycles. The standard InChI is InChI=1S/C10H10N2O3/c1-5-3-7(10(14)15-2)12-8-6(5)4-11-9(8)13/h3H,4H2,1-2H3,(H,11,13). The summed E-state index contributed by atoms with van der Waals surface area (Å²) in [6, 6.07) is 1.63. The van der Waals surface area contributed by atoms with Gasteiger partial charge in [0.05, 0.1) is 7.11 Å². The third kappa shape index (κ3) is 1.45. The van der Waals surface area contributed by atoms with Gasteiger partial charge < -0.3 is 10.1 Å². The van der Waals surface area contributed by atoms with Crippen LogP contribution in [0, 0.1) is 6.92 Å². The van der Waals surface area contributed by atoms with E-state index in [-0.39, 0.29) is 11.6 Å². The van der Waals surface area contributed by atoms with Crippen LogP contribution in [-0.2, 0) is 11.3 Å². The van der Waals surface area contributed by atoms with Crippen LogP contribution in [0.5, 0.6) is 0 Å². The monoisotopic (exact) mass is 206 g/mol. The first-order chi connectivity index (χ1) is 7.13. The van der Waals surface area contributed by atoms with E-state index in [0.717, 1.165) is 11.1 Å². The first-order valence-corrected chi connectivity index (χ1v) is 4.50. The Morgan fingerprint density at radius 2 is 2.33 bits per heavy atom. The van der Waals surface area contributed by atoms with Crippen molar-refractivity contribution in [3.05, 3.63) is 28.6 Å². The number of nitrogens with one attached hydrogen (secondary N) is 1. The molecule has 0 bridgehead atoms. The van der Waals surface area contributed by atoms with Crippen LogP contribution in [0.2, 0.25) is 0 Å². The molecule has 0 saturated carbocycles. The summed E-state index contributed by atoms with van der Waals surface area (Å²) in [5, 5.41) is 2.66. The zero-order valence-corrected chi connectivity index (χ0v) is 8.46. The molecule has 0 fully saturated rings. The maximum absolute atomic E-state index is 11.4. The molecule has 1 amide bonds. The van der Waals surface area contributed by atoms with E-state index >= 15 is 0 Å². The summed E-state index contributed by atoms with van der Waals surface area (Å²) in [6.07, 6.45) is 0. The molecule has 1 aliphatic heterocycles. The molecule has 0 atom stereocenters. The van der Waals surface area contributed by atoms with Crippen molar-refractivity contribution in [2.24, 2.45) is 0 Å². The first-order valence-electron chi connectivity index (χ1n) is 4.50. The Labute approximate surface area is 86.5 Å². The molecule has 0 unspecified atom stereocenters. The summed E-state index contributed by atoms with van der Waals surface area (Å²) in [4.78, 5) is 26.6. The largest absolute Gasteiger partial charge is 0.464 e. The topological polar surface area (TPSA) is 68.3 Å². The number of methoxy groups -OCH3 is 1. The average molecular weight is 206 g/mol. The van der Waals surface area contributed by atoms with E-state index in [9.17, 15) is 9.59 Å². The molecule has 1 aliphatic rings. The molecule has 0 spiro atoms. The van der Waals surface area contributed by atoms with Crippen LogP contribution in [0.4, 0.5) is 0 Å². The highest BCUT2D eigenvalue weighted by Crippen LogP contribution is 2.18. The van der Waals surface area contributed by atoms with Gasteiger partial charge in [0.15, 0.2) is 0 Å². The molecule has 2 heterocycles. The number of nitrogens with zero attached hydrogens (tertiary/aromatic N) is 1. The van der Waals surface area contributed by atoms with Crippen LogP contribution >= 0.6 is 0 Å². The molecule has 5 nitrogen and oxygen atoms in total. The fraction of sp³-hybridized carbons (Fsp3) is 0.300. The van der Waals surface area contributed by atoms with Crippen LogP contribution < -0.4 is 5.32 Å². The number of hydrogen-bond acceptors (Lipinski definition) is 4. The second-order valence-corrected chi connectivity index (χ2v) is 3.33. The minimum atomic E-state index is -0.527. The van der Waals surface area contributed by atoms with Crippen molar-refractivity contribution >= 4 is 11.9 Å². The second kappa shape index (κ2) is 3.34. The van der Waals surface area contributed by atoms with Gasteiger partial charge in [-0.1, -0.05) is 0 Å². The average Bonchev–Trinajstić information content (AvgIpc) is 2.60. The Morgan fingerprint density at radius 3 is 3.00 bits per heavy atom. The van der Waals surface area contributed by atoms with Crippen molar-refractivity contribution in [2.75, 3.05) is 7.11 Å². The molecule has 1 aromatic rings. The third-order valence-corrected chi connectivity index (χ3v) is 2.38. The Kier molecular flexibility index (Phi) is 2.15. The van der Waals surface area contributed by atoms with Gasteiger partial charge in [-0.05, 0) is 18.6 Å². The Balaban J connectivity index is 2.55. The molecular weight excluding hydrogens is 196 g/mol. The number of fused-ring (bicyclic) bond motifs is 1. The van der Waals surface area contributed by atoms with Gasteiger partial charge in [-0.3, -0.25) is 4.79 Å². The van der Waals surface area contributed by atoms with Crippen LogP contribution in [0.25, 0.3) is 0 Å². The molecule has 2 rings (SSSR count). The van der Waals surface area contributed by atoms with Crippen LogP contribution in [0.3, 0.4) is 0 Å². The van der Waals surface area contributed by atoms with Gasteiger partial charge in [-0.2, -0.15) is 0 Å². The minimum absolute atomic E-state index is 0.172. The van der Waals surface area contributed by atoms with Crippen molar-refractivity contribution < 1.29 is 14.3 Å². The third-order valence-electron chi connectivity index (χ3n) is 2.38. The number of carbonyl (C=O) groups is 2. The number of rotatable bonds is 1. The number of esters is 1. The Hall–Kier alpha value is -1.91. The highest BCUT2D eigenvalue weighted by Gasteiger charge is 2.24. The molecule has 0 aromatic carbocycles. The number of aromatic nitrogens is 1. The van der Waals surface area contributed by atoms with Crippen molar-refractivity contribution in [1.82, 2.24) is 10.3 Å². The molecule has 78 valence electrons. The van der Waals surface area contributed by atoms with Crippen molar-refractivity contribution in [3.63, 3.8) is 0 Å². The maximum atomic E-state index is 11.4. The summed E-state index contributed by atoms with van der Waals surface area (Å²) >= 11 is 0. The molecule has 15 heavy (non-hydrogen) atoms. The van der Waals surface area contributed by atoms with Gasteiger partial charge in [0.1, 0.15) is 11.4 Å². The Morgan fingerprint density at radius 1 is 1.60 bits per heavy atom. The van der Waals surface area contributed by atoms with E-state index < -0.39 is 5.97 Å². The van der Waals surface area contributed by atoms with Gasteiger partial charge in [0, 0.05) is 12.1 Å². The lowest BCUT2D eigenvalue weighted by Crippen LogP contribution is -2.14. The predicted molar refractivity (Wildman–Crippen MR) is 51.5 cm³/mol. The zero-order valence-electron chi connectivity index (χ0n) is 8.46. The Bertz CT molecular complexity index is 454. The number of carbonyl (C=O) groups excluding carboxylic acids is 2. The number of hydrogen-bond donors (Lipinski definition) is 1. The minimum Gasteiger partial charge on any atom is -0.464 e. The van der Waals surface area contributed by atoms with Crippen molar-refractivity contribution in [3.8, 4) is 0 Å².